The van der Waals surface area contributed by atoms with Crippen LogP contribution in [0.5, 0.6) is 0 Å². The van der Waals surface area contributed by atoms with Crippen LogP contribution in [0.15, 0.2) is 0 Å². The summed E-state index contributed by atoms with van der Waals surface area (Å²) in [6, 6.07) is 0. The third-order valence-corrected chi connectivity index (χ3v) is 2.09. The monoisotopic (exact) mass is 206 g/mol. The molecule has 0 aromatic carbocycles. The second-order valence-electron chi connectivity index (χ2n) is 3.29. The van der Waals surface area contributed by atoms with Crippen LogP contribution in [0.25, 0.3) is 0 Å². The zero-order valence-electron chi connectivity index (χ0n) is 7.95. The molecule has 0 aromatic heterocycles. The Hall–Kier alpha value is -0.690. The molecule has 0 amide bonds. The molecule has 1 rings (SSSR count). The van der Waals surface area contributed by atoms with Crippen molar-refractivity contribution in [3.05, 3.63) is 0 Å². The first-order valence-corrected chi connectivity index (χ1v) is 4.30. The Labute approximate surface area is 81.1 Å². The van der Waals surface area contributed by atoms with Crippen molar-refractivity contribution in [1.29, 1.82) is 0 Å². The summed E-state index contributed by atoms with van der Waals surface area (Å²) in [6.07, 6.45) is -5.90. The van der Waals surface area contributed by atoms with Crippen molar-refractivity contribution in [3.8, 4) is 0 Å². The number of rotatable bonds is 1. The van der Waals surface area contributed by atoms with Crippen LogP contribution < -0.4 is 0 Å². The highest BCUT2D eigenvalue weighted by molar-refractivity contribution is 5.66. The van der Waals surface area contributed by atoms with E-state index in [0.29, 0.717) is 0 Å². The summed E-state index contributed by atoms with van der Waals surface area (Å²) in [5.74, 6) is -0.621. The fourth-order valence-electron chi connectivity index (χ4n) is 1.27. The van der Waals surface area contributed by atoms with Gasteiger partial charge in [0, 0.05) is 6.92 Å². The molecule has 1 fully saturated rings. The molecule has 0 aromatic rings. The first-order valence-electron chi connectivity index (χ1n) is 4.30. The molecule has 0 unspecified atom stereocenters. The quantitative estimate of drug-likeness (QED) is 0.446. The van der Waals surface area contributed by atoms with Crippen LogP contribution in [0.1, 0.15) is 13.8 Å². The van der Waals surface area contributed by atoms with Crippen LogP contribution in [-0.4, -0.2) is 52.0 Å². The van der Waals surface area contributed by atoms with Crippen LogP contribution in [0.2, 0.25) is 0 Å². The molecular formula is C8H14O6. The molecule has 0 spiro atoms. The number of aliphatic hydroxyl groups is 3. The van der Waals surface area contributed by atoms with Crippen molar-refractivity contribution < 1.29 is 29.6 Å². The standard InChI is InChI=1S/C8H14O6/c1-3-5(10)6(11)7(12)8(13-3)14-4(2)9/h3,5-8,10-12H,1-2H3/t3-,5-,6+,7+,8+/m1/s1. The molecule has 0 bridgehead atoms. The van der Waals surface area contributed by atoms with E-state index in [1.54, 1.807) is 0 Å². The largest absolute Gasteiger partial charge is 0.433 e. The van der Waals surface area contributed by atoms with Gasteiger partial charge >= 0.3 is 5.97 Å². The number of ether oxygens (including phenoxy) is 2. The Balaban J connectivity index is 2.65. The molecule has 1 heterocycles. The van der Waals surface area contributed by atoms with E-state index in [9.17, 15) is 20.1 Å². The second kappa shape index (κ2) is 4.22. The van der Waals surface area contributed by atoms with Gasteiger partial charge in [0.15, 0.2) is 0 Å². The van der Waals surface area contributed by atoms with Gasteiger partial charge in [0.25, 0.3) is 0 Å². The maximum atomic E-state index is 10.6. The summed E-state index contributed by atoms with van der Waals surface area (Å²) in [5, 5.41) is 28.0. The van der Waals surface area contributed by atoms with Crippen LogP contribution in [0.4, 0.5) is 0 Å². The van der Waals surface area contributed by atoms with Crippen LogP contribution in [0, 0.1) is 0 Å². The highest BCUT2D eigenvalue weighted by Gasteiger charge is 2.43. The van der Waals surface area contributed by atoms with E-state index in [0.717, 1.165) is 6.92 Å². The Bertz CT molecular complexity index is 218. The van der Waals surface area contributed by atoms with Gasteiger partial charge in [-0.15, -0.1) is 0 Å². The number of hydrogen-bond acceptors (Lipinski definition) is 6. The van der Waals surface area contributed by atoms with Gasteiger partial charge in [-0.05, 0) is 6.92 Å². The molecule has 1 aliphatic rings. The summed E-state index contributed by atoms with van der Waals surface area (Å²) in [5.41, 5.74) is 0. The number of esters is 1. The van der Waals surface area contributed by atoms with Crippen LogP contribution in [0.3, 0.4) is 0 Å². The summed E-state index contributed by atoms with van der Waals surface area (Å²) >= 11 is 0. The van der Waals surface area contributed by atoms with E-state index < -0.39 is 36.7 Å². The van der Waals surface area contributed by atoms with E-state index in [4.69, 9.17) is 4.74 Å². The second-order valence-corrected chi connectivity index (χ2v) is 3.29. The van der Waals surface area contributed by atoms with Crippen molar-refractivity contribution in [2.24, 2.45) is 0 Å². The van der Waals surface area contributed by atoms with Gasteiger partial charge in [0.2, 0.25) is 6.29 Å². The molecule has 0 saturated carbocycles. The van der Waals surface area contributed by atoms with Crippen LogP contribution in [-0.2, 0) is 14.3 Å². The average Bonchev–Trinajstić information content (AvgIpc) is 2.10. The molecule has 82 valence electrons. The smallest absolute Gasteiger partial charge is 0.305 e. The van der Waals surface area contributed by atoms with Gasteiger partial charge in [-0.25, -0.2) is 0 Å². The lowest BCUT2D eigenvalue weighted by Gasteiger charge is -2.38. The maximum absolute atomic E-state index is 10.6. The van der Waals surface area contributed by atoms with Crippen molar-refractivity contribution in [2.45, 2.75) is 44.6 Å². The summed E-state index contributed by atoms with van der Waals surface area (Å²) < 4.78 is 9.60. The molecule has 0 aliphatic carbocycles. The molecule has 6 nitrogen and oxygen atoms in total. The lowest BCUT2D eigenvalue weighted by molar-refractivity contribution is -0.284. The number of carbonyl (C=O) groups excluding carboxylic acids is 1. The number of hydrogen-bond donors (Lipinski definition) is 3. The van der Waals surface area contributed by atoms with Crippen molar-refractivity contribution >= 4 is 5.97 Å². The first kappa shape index (κ1) is 11.4. The highest BCUT2D eigenvalue weighted by Crippen LogP contribution is 2.21. The fourth-order valence-corrected chi connectivity index (χ4v) is 1.27. The first-order chi connectivity index (χ1) is 6.43. The SMILES string of the molecule is CC(=O)O[C@@H]1O[C@H](C)[C@@H](O)[C@H](O)[C@@H]1O. The van der Waals surface area contributed by atoms with E-state index in [1.165, 1.54) is 6.92 Å². The van der Waals surface area contributed by atoms with Gasteiger partial charge in [-0.2, -0.15) is 0 Å². The van der Waals surface area contributed by atoms with Gasteiger partial charge in [-0.1, -0.05) is 0 Å². The third-order valence-electron chi connectivity index (χ3n) is 2.09. The van der Waals surface area contributed by atoms with Crippen molar-refractivity contribution in [1.82, 2.24) is 0 Å². The minimum Gasteiger partial charge on any atom is -0.433 e. The predicted molar refractivity (Wildman–Crippen MR) is 44.1 cm³/mol. The minimum absolute atomic E-state index is 0.621. The predicted octanol–water partition coefficient (Wildman–Crippen LogP) is -1.62. The Morgan fingerprint density at radius 3 is 2.29 bits per heavy atom. The molecule has 0 radical (unpaired) electrons. The molecule has 6 heteroatoms. The zero-order chi connectivity index (χ0) is 10.9. The summed E-state index contributed by atoms with van der Waals surface area (Å²) in [7, 11) is 0. The summed E-state index contributed by atoms with van der Waals surface area (Å²) in [6.45, 7) is 2.68. The van der Waals surface area contributed by atoms with E-state index >= 15 is 0 Å². The topological polar surface area (TPSA) is 96.2 Å². The van der Waals surface area contributed by atoms with E-state index in [-0.39, 0.29) is 0 Å². The zero-order valence-corrected chi connectivity index (χ0v) is 7.95. The highest BCUT2D eigenvalue weighted by atomic mass is 16.7. The fraction of sp³-hybridized carbons (Fsp3) is 0.875. The minimum atomic E-state index is -1.43. The Morgan fingerprint density at radius 2 is 1.79 bits per heavy atom. The lowest BCUT2D eigenvalue weighted by atomic mass is 10.0. The van der Waals surface area contributed by atoms with Crippen molar-refractivity contribution in [2.75, 3.05) is 0 Å². The van der Waals surface area contributed by atoms with E-state index in [1.807, 2.05) is 0 Å². The van der Waals surface area contributed by atoms with Gasteiger partial charge in [-0.3, -0.25) is 4.79 Å². The molecule has 1 saturated heterocycles. The lowest BCUT2D eigenvalue weighted by Crippen LogP contribution is -2.57. The van der Waals surface area contributed by atoms with Gasteiger partial charge < -0.3 is 24.8 Å². The van der Waals surface area contributed by atoms with Crippen LogP contribution >= 0.6 is 0 Å². The molecule has 14 heavy (non-hydrogen) atoms. The normalized spacial score (nSPS) is 43.4. The van der Waals surface area contributed by atoms with E-state index in [2.05, 4.69) is 4.74 Å². The number of aliphatic hydroxyl groups excluding tert-OH is 3. The van der Waals surface area contributed by atoms with Crippen molar-refractivity contribution in [3.63, 3.8) is 0 Å². The average molecular weight is 206 g/mol. The number of carbonyl (C=O) groups is 1. The van der Waals surface area contributed by atoms with Gasteiger partial charge in [0.05, 0.1) is 6.10 Å². The maximum Gasteiger partial charge on any atom is 0.305 e. The molecule has 1 aliphatic heterocycles. The summed E-state index contributed by atoms with van der Waals surface area (Å²) in [4.78, 5) is 10.6. The molecule has 5 atom stereocenters. The van der Waals surface area contributed by atoms with Gasteiger partial charge in [0.1, 0.15) is 18.3 Å². The Kier molecular flexibility index (Phi) is 3.43. The third kappa shape index (κ3) is 2.21. The molecular weight excluding hydrogens is 192 g/mol. The molecule has 3 N–H and O–H groups in total. The Morgan fingerprint density at radius 1 is 1.21 bits per heavy atom.